The Bertz CT molecular complexity index is 297. The van der Waals surface area contributed by atoms with Crippen LogP contribution in [0.25, 0.3) is 0 Å². The molecule has 0 radical (unpaired) electrons. The Hall–Kier alpha value is 0.400. The van der Waals surface area contributed by atoms with Crippen molar-refractivity contribution >= 4 is 41.9 Å². The van der Waals surface area contributed by atoms with Gasteiger partial charge in [0.05, 0.1) is 0 Å². The van der Waals surface area contributed by atoms with Gasteiger partial charge in [-0.1, -0.05) is 31.9 Å². The molecule has 0 fully saturated rings. The molecule has 0 heterocycles. The van der Waals surface area contributed by atoms with Crippen molar-refractivity contribution in [2.75, 3.05) is 6.54 Å². The Kier molecular flexibility index (Phi) is 4.91. The minimum absolute atomic E-state index is 0.250. The van der Waals surface area contributed by atoms with Crippen molar-refractivity contribution in [1.82, 2.24) is 4.72 Å². The topological polar surface area (TPSA) is 46.2 Å². The summed E-state index contributed by atoms with van der Waals surface area (Å²) >= 11 is 5.62. The Balaban J connectivity index is 4.39. The molecular weight excluding hydrogens is 343 g/mol. The molecule has 0 aliphatic rings. The molecule has 0 amide bonds. The summed E-state index contributed by atoms with van der Waals surface area (Å²) in [5.41, 5.74) is -5.27. The molecule has 0 atom stereocenters. The van der Waals surface area contributed by atoms with Gasteiger partial charge in [0, 0.05) is 11.0 Å². The second-order valence-corrected chi connectivity index (χ2v) is 5.06. The summed E-state index contributed by atoms with van der Waals surface area (Å²) in [6.45, 7) is -0.451. The first-order valence-electron chi connectivity index (χ1n) is 2.71. The van der Waals surface area contributed by atoms with Crippen LogP contribution in [0.1, 0.15) is 0 Å². The van der Waals surface area contributed by atoms with Crippen LogP contribution in [-0.2, 0) is 10.0 Å². The molecule has 9 heteroatoms. The maximum Gasteiger partial charge on any atom is 0.511 e. The number of hydrogen-bond acceptors (Lipinski definition) is 2. The van der Waals surface area contributed by atoms with Crippen LogP contribution in [0.2, 0.25) is 0 Å². The van der Waals surface area contributed by atoms with Crippen LogP contribution < -0.4 is 4.72 Å². The van der Waals surface area contributed by atoms with Gasteiger partial charge in [-0.05, 0) is 4.99 Å². The molecule has 0 aromatic heterocycles. The molecule has 0 saturated carbocycles. The van der Waals surface area contributed by atoms with Crippen LogP contribution in [0.3, 0.4) is 0 Å². The molecule has 0 aromatic rings. The molecule has 78 valence electrons. The lowest BCUT2D eigenvalue weighted by Crippen LogP contribution is -2.36. The second-order valence-electron chi connectivity index (χ2n) is 1.83. The smallest absolute Gasteiger partial charge is 0.203 e. The highest BCUT2D eigenvalue weighted by Gasteiger charge is 2.45. The average Bonchev–Trinajstić information content (AvgIpc) is 1.98. The van der Waals surface area contributed by atoms with E-state index in [-0.39, 0.29) is 4.48 Å². The van der Waals surface area contributed by atoms with Crippen molar-refractivity contribution < 1.29 is 21.6 Å². The number of nitrogens with one attached hydrogen (secondary N) is 1. The Morgan fingerprint density at radius 1 is 1.46 bits per heavy atom. The maximum absolute atomic E-state index is 11.7. The van der Waals surface area contributed by atoms with Gasteiger partial charge in [-0.2, -0.15) is 13.2 Å². The molecule has 0 aromatic carbocycles. The monoisotopic (exact) mass is 345 g/mol. The van der Waals surface area contributed by atoms with Crippen molar-refractivity contribution in [3.8, 4) is 0 Å². The van der Waals surface area contributed by atoms with Gasteiger partial charge in [0.2, 0.25) is 0 Å². The minimum Gasteiger partial charge on any atom is -0.203 e. The summed E-state index contributed by atoms with van der Waals surface area (Å²) < 4.78 is 57.4. The lowest BCUT2D eigenvalue weighted by molar-refractivity contribution is -0.0446. The average molecular weight is 347 g/mol. The highest BCUT2D eigenvalue weighted by Crippen LogP contribution is 2.21. The predicted molar refractivity (Wildman–Crippen MR) is 48.9 cm³/mol. The zero-order valence-corrected chi connectivity index (χ0v) is 9.89. The third kappa shape index (κ3) is 4.43. The standard InChI is InChI=1S/C4H4Br2F3NO2S/c5-1-3(6)2-10-13(11,12)4(7,8)9/h1,10H,2H2/b3-1+. The second kappa shape index (κ2) is 4.76. The third-order valence-electron chi connectivity index (χ3n) is 0.854. The first kappa shape index (κ1) is 13.4. The van der Waals surface area contributed by atoms with Gasteiger partial charge >= 0.3 is 15.5 Å². The SMILES string of the molecule is O=S(=O)(NC/C(Br)=C\Br)C(F)(F)F. The fourth-order valence-corrected chi connectivity index (χ4v) is 1.28. The number of alkyl halides is 3. The molecule has 3 nitrogen and oxygen atoms in total. The van der Waals surface area contributed by atoms with E-state index in [1.54, 1.807) is 0 Å². The van der Waals surface area contributed by atoms with Crippen LogP contribution in [0.5, 0.6) is 0 Å². The summed E-state index contributed by atoms with van der Waals surface area (Å²) in [6.07, 6.45) is 0. The van der Waals surface area contributed by atoms with Crippen LogP contribution in [0.15, 0.2) is 9.47 Å². The molecule has 13 heavy (non-hydrogen) atoms. The third-order valence-corrected chi connectivity index (χ3v) is 3.66. The van der Waals surface area contributed by atoms with E-state index in [1.165, 1.54) is 9.71 Å². The van der Waals surface area contributed by atoms with Crippen molar-refractivity contribution in [3.05, 3.63) is 9.47 Å². The van der Waals surface area contributed by atoms with Gasteiger partial charge in [0.1, 0.15) is 0 Å². The van der Waals surface area contributed by atoms with Crippen molar-refractivity contribution in [2.24, 2.45) is 0 Å². The number of hydrogen-bond donors (Lipinski definition) is 1. The largest absolute Gasteiger partial charge is 0.511 e. The van der Waals surface area contributed by atoms with Crippen LogP contribution >= 0.6 is 31.9 Å². The van der Waals surface area contributed by atoms with Gasteiger partial charge in [0.15, 0.2) is 0 Å². The molecule has 0 rings (SSSR count). The van der Waals surface area contributed by atoms with E-state index in [0.717, 1.165) is 0 Å². The van der Waals surface area contributed by atoms with E-state index < -0.39 is 22.1 Å². The lowest BCUT2D eigenvalue weighted by atomic mass is 10.7. The van der Waals surface area contributed by atoms with Gasteiger partial charge in [-0.3, -0.25) is 0 Å². The van der Waals surface area contributed by atoms with E-state index in [2.05, 4.69) is 31.9 Å². The highest BCUT2D eigenvalue weighted by molar-refractivity contribution is 9.14. The molecule has 0 saturated heterocycles. The molecule has 0 aliphatic heterocycles. The first-order chi connectivity index (χ1) is 5.70. The Labute approximate surface area is 89.7 Å². The fraction of sp³-hybridized carbons (Fsp3) is 0.500. The fourth-order valence-electron chi connectivity index (χ4n) is 0.284. The molecule has 0 bridgehead atoms. The van der Waals surface area contributed by atoms with Crippen LogP contribution in [0.4, 0.5) is 13.2 Å². The Morgan fingerprint density at radius 2 is 1.92 bits per heavy atom. The van der Waals surface area contributed by atoms with Crippen molar-refractivity contribution in [1.29, 1.82) is 0 Å². The summed E-state index contributed by atoms with van der Waals surface area (Å²) in [5.74, 6) is 0. The van der Waals surface area contributed by atoms with Gasteiger partial charge in [0.25, 0.3) is 0 Å². The summed E-state index contributed by atoms with van der Waals surface area (Å²) in [6, 6.07) is 0. The quantitative estimate of drug-likeness (QED) is 0.850. The van der Waals surface area contributed by atoms with Crippen molar-refractivity contribution in [3.63, 3.8) is 0 Å². The van der Waals surface area contributed by atoms with Crippen LogP contribution in [0, 0.1) is 0 Å². The maximum atomic E-state index is 11.7. The molecule has 0 unspecified atom stereocenters. The molecule has 0 aliphatic carbocycles. The molecule has 1 N–H and O–H groups in total. The first-order valence-corrected chi connectivity index (χ1v) is 5.90. The van der Waals surface area contributed by atoms with E-state index >= 15 is 0 Å². The zero-order valence-electron chi connectivity index (χ0n) is 5.90. The Morgan fingerprint density at radius 3 is 2.23 bits per heavy atom. The number of rotatable bonds is 3. The van der Waals surface area contributed by atoms with E-state index in [1.807, 2.05) is 0 Å². The normalized spacial score (nSPS) is 14.7. The van der Waals surface area contributed by atoms with Gasteiger partial charge in [-0.15, -0.1) is 0 Å². The minimum atomic E-state index is -5.27. The highest BCUT2D eigenvalue weighted by atomic mass is 79.9. The van der Waals surface area contributed by atoms with Crippen LogP contribution in [-0.4, -0.2) is 20.5 Å². The van der Waals surface area contributed by atoms with E-state index in [4.69, 9.17) is 0 Å². The summed E-state index contributed by atoms with van der Waals surface area (Å²) in [7, 11) is -5.24. The van der Waals surface area contributed by atoms with Crippen molar-refractivity contribution in [2.45, 2.75) is 5.51 Å². The summed E-state index contributed by atoms with van der Waals surface area (Å²) in [5, 5.41) is 0. The van der Waals surface area contributed by atoms with Gasteiger partial charge in [-0.25, -0.2) is 13.1 Å². The number of halogens is 5. The van der Waals surface area contributed by atoms with Gasteiger partial charge < -0.3 is 0 Å². The summed E-state index contributed by atoms with van der Waals surface area (Å²) in [4.78, 5) is 1.26. The van der Waals surface area contributed by atoms with E-state index in [0.29, 0.717) is 0 Å². The lowest BCUT2D eigenvalue weighted by Gasteiger charge is -2.08. The zero-order chi connectivity index (χ0) is 10.7. The van der Waals surface area contributed by atoms with E-state index in [9.17, 15) is 21.6 Å². The molecule has 0 spiro atoms. The molecular formula is C4H4Br2F3NO2S. The predicted octanol–water partition coefficient (Wildman–Crippen LogP) is 2.06. The number of sulfonamides is 1.